The number of nitrogens with zero attached hydrogens (tertiary/aromatic N) is 4. The molecule has 0 atom stereocenters. The number of carbonyl (C=O) groups is 1. The Labute approximate surface area is 212 Å². The van der Waals surface area contributed by atoms with Crippen LogP contribution in [0, 0.1) is 0 Å². The van der Waals surface area contributed by atoms with Gasteiger partial charge in [0.15, 0.2) is 0 Å². The zero-order valence-corrected chi connectivity index (χ0v) is 20.5. The van der Waals surface area contributed by atoms with Gasteiger partial charge >= 0.3 is 0 Å². The number of anilines is 1. The maximum absolute atomic E-state index is 13.2. The molecule has 0 saturated carbocycles. The van der Waals surface area contributed by atoms with Gasteiger partial charge in [0, 0.05) is 52.9 Å². The van der Waals surface area contributed by atoms with Crippen molar-refractivity contribution in [2.24, 2.45) is 0 Å². The van der Waals surface area contributed by atoms with E-state index in [1.54, 1.807) is 31.5 Å². The summed E-state index contributed by atoms with van der Waals surface area (Å²) >= 11 is 6.18. The minimum absolute atomic E-state index is 0.0468. The minimum Gasteiger partial charge on any atom is -0.497 e. The van der Waals surface area contributed by atoms with Crippen LogP contribution in [0.1, 0.15) is 34.9 Å². The summed E-state index contributed by atoms with van der Waals surface area (Å²) in [5.41, 5.74) is 10.4. The standard InChI is InChI=1S/C27H25ClN6O2/c1-36-20-13-18(12-19(28)15-20)27(35)33-9-6-16(7-10-33)26-32-23(24-25(29)30-8-11-34(24)26)22-14-17-4-2-3-5-21(17)31-22/h2-5,8,11-16,31H,6-7,9-10H2,1H3,(H2,29,30). The van der Waals surface area contributed by atoms with Gasteiger partial charge in [-0.05, 0) is 43.2 Å². The van der Waals surface area contributed by atoms with Gasteiger partial charge in [0.05, 0.1) is 12.8 Å². The smallest absolute Gasteiger partial charge is 0.254 e. The summed E-state index contributed by atoms with van der Waals surface area (Å²) in [6.45, 7) is 1.24. The van der Waals surface area contributed by atoms with Crippen LogP contribution in [0.2, 0.25) is 5.02 Å². The van der Waals surface area contributed by atoms with E-state index < -0.39 is 0 Å². The van der Waals surface area contributed by atoms with E-state index in [1.165, 1.54) is 0 Å². The molecule has 1 fully saturated rings. The quantitative estimate of drug-likeness (QED) is 0.355. The number of ether oxygens (including phenoxy) is 1. The largest absolute Gasteiger partial charge is 0.497 e. The predicted molar refractivity (Wildman–Crippen MR) is 141 cm³/mol. The van der Waals surface area contributed by atoms with E-state index in [2.05, 4.69) is 22.1 Å². The number of halogens is 1. The molecule has 8 nitrogen and oxygen atoms in total. The Bertz CT molecular complexity index is 1570. The number of piperidine rings is 1. The molecule has 3 N–H and O–H groups in total. The molecule has 6 rings (SSSR count). The molecule has 3 aromatic heterocycles. The van der Waals surface area contributed by atoms with Gasteiger partial charge in [-0.15, -0.1) is 0 Å². The third-order valence-corrected chi connectivity index (χ3v) is 7.11. The predicted octanol–water partition coefficient (Wildman–Crippen LogP) is 5.14. The van der Waals surface area contributed by atoms with E-state index in [1.807, 2.05) is 33.7 Å². The number of likely N-dealkylation sites (tertiary alicyclic amines) is 1. The molecule has 182 valence electrons. The van der Waals surface area contributed by atoms with Gasteiger partial charge in [-0.25, -0.2) is 9.97 Å². The number of carbonyl (C=O) groups excluding carboxylic acids is 1. The Morgan fingerprint density at radius 3 is 2.75 bits per heavy atom. The van der Waals surface area contributed by atoms with Crippen molar-refractivity contribution in [3.05, 3.63) is 77.3 Å². The van der Waals surface area contributed by atoms with E-state index in [0.29, 0.717) is 35.2 Å². The van der Waals surface area contributed by atoms with Gasteiger partial charge in [-0.1, -0.05) is 29.8 Å². The molecule has 0 unspecified atom stereocenters. The lowest BCUT2D eigenvalue weighted by atomic mass is 9.95. The second-order valence-corrected chi connectivity index (χ2v) is 9.50. The van der Waals surface area contributed by atoms with Crippen molar-refractivity contribution >= 4 is 39.7 Å². The second-order valence-electron chi connectivity index (χ2n) is 9.07. The van der Waals surface area contributed by atoms with Gasteiger partial charge in [-0.2, -0.15) is 0 Å². The summed E-state index contributed by atoms with van der Waals surface area (Å²) in [5, 5.41) is 1.59. The highest BCUT2D eigenvalue weighted by atomic mass is 35.5. The number of benzene rings is 2. The van der Waals surface area contributed by atoms with Crippen LogP contribution < -0.4 is 10.5 Å². The lowest BCUT2D eigenvalue weighted by molar-refractivity contribution is 0.0710. The fourth-order valence-electron chi connectivity index (χ4n) is 5.09. The molecule has 5 aromatic rings. The number of rotatable bonds is 4. The molecular formula is C27H25ClN6O2. The van der Waals surface area contributed by atoms with E-state index >= 15 is 0 Å². The normalized spacial score (nSPS) is 14.6. The fraction of sp³-hybridized carbons (Fsp3) is 0.222. The van der Waals surface area contributed by atoms with Crippen molar-refractivity contribution in [1.82, 2.24) is 24.3 Å². The number of aromatic nitrogens is 4. The van der Waals surface area contributed by atoms with Crippen molar-refractivity contribution in [2.45, 2.75) is 18.8 Å². The number of fused-ring (bicyclic) bond motifs is 2. The van der Waals surface area contributed by atoms with Gasteiger partial charge < -0.3 is 20.4 Å². The third kappa shape index (κ3) is 3.83. The summed E-state index contributed by atoms with van der Waals surface area (Å²) in [6, 6.07) is 15.3. The van der Waals surface area contributed by atoms with Crippen LogP contribution in [0.25, 0.3) is 27.8 Å². The Morgan fingerprint density at radius 2 is 1.97 bits per heavy atom. The number of aromatic amines is 1. The zero-order valence-electron chi connectivity index (χ0n) is 19.7. The molecule has 2 aromatic carbocycles. The van der Waals surface area contributed by atoms with Crippen LogP contribution in [-0.4, -0.2) is 50.4 Å². The van der Waals surface area contributed by atoms with Crippen molar-refractivity contribution < 1.29 is 9.53 Å². The van der Waals surface area contributed by atoms with E-state index in [-0.39, 0.29) is 11.8 Å². The van der Waals surface area contributed by atoms with E-state index in [0.717, 1.165) is 46.5 Å². The van der Waals surface area contributed by atoms with Gasteiger partial charge in [-0.3, -0.25) is 9.20 Å². The summed E-state index contributed by atoms with van der Waals surface area (Å²) in [7, 11) is 1.56. The Hall–Kier alpha value is -4.04. The van der Waals surface area contributed by atoms with Gasteiger partial charge in [0.1, 0.15) is 28.6 Å². The molecule has 0 spiro atoms. The number of imidazole rings is 1. The molecule has 1 aliphatic heterocycles. The van der Waals surface area contributed by atoms with E-state index in [4.69, 9.17) is 27.1 Å². The molecular weight excluding hydrogens is 476 g/mol. The minimum atomic E-state index is -0.0468. The van der Waals surface area contributed by atoms with Crippen molar-refractivity contribution in [3.8, 4) is 17.1 Å². The SMILES string of the molecule is COc1cc(Cl)cc(C(=O)N2CCC(c3nc(-c4cc5ccccc5[nH]4)c4c(N)nccn34)CC2)c1. The van der Waals surface area contributed by atoms with Crippen LogP contribution in [0.5, 0.6) is 5.75 Å². The van der Waals surface area contributed by atoms with Crippen LogP contribution in [0.4, 0.5) is 5.82 Å². The first kappa shape index (κ1) is 22.4. The van der Waals surface area contributed by atoms with E-state index in [9.17, 15) is 4.79 Å². The number of hydrogen-bond acceptors (Lipinski definition) is 5. The number of H-pyrrole nitrogens is 1. The number of nitrogen functional groups attached to an aromatic ring is 1. The summed E-state index contributed by atoms with van der Waals surface area (Å²) in [4.78, 5) is 27.9. The maximum Gasteiger partial charge on any atom is 0.254 e. The molecule has 0 aliphatic carbocycles. The van der Waals surface area contributed by atoms with Crippen LogP contribution >= 0.6 is 11.6 Å². The molecule has 36 heavy (non-hydrogen) atoms. The molecule has 1 aliphatic rings. The molecule has 9 heteroatoms. The number of methoxy groups -OCH3 is 1. The molecule has 4 heterocycles. The Balaban J connectivity index is 1.30. The third-order valence-electron chi connectivity index (χ3n) is 6.90. The van der Waals surface area contributed by atoms with Gasteiger partial charge in [0.25, 0.3) is 5.91 Å². The van der Waals surface area contributed by atoms with Crippen molar-refractivity contribution in [2.75, 3.05) is 25.9 Å². The Kier molecular flexibility index (Phi) is 5.53. The van der Waals surface area contributed by atoms with Crippen LogP contribution in [0.15, 0.2) is 60.9 Å². The molecule has 0 radical (unpaired) electrons. The first-order valence-electron chi connectivity index (χ1n) is 11.9. The average molecular weight is 501 g/mol. The summed E-state index contributed by atoms with van der Waals surface area (Å²) in [5.74, 6) is 2.07. The van der Waals surface area contributed by atoms with Crippen molar-refractivity contribution in [1.29, 1.82) is 0 Å². The number of nitrogens with two attached hydrogens (primary N) is 1. The first-order chi connectivity index (χ1) is 17.5. The first-order valence-corrected chi connectivity index (χ1v) is 12.2. The number of nitrogens with one attached hydrogen (secondary N) is 1. The second kappa shape index (κ2) is 8.87. The molecule has 1 saturated heterocycles. The summed E-state index contributed by atoms with van der Waals surface area (Å²) < 4.78 is 7.32. The summed E-state index contributed by atoms with van der Waals surface area (Å²) in [6.07, 6.45) is 5.19. The Morgan fingerprint density at radius 1 is 1.17 bits per heavy atom. The maximum atomic E-state index is 13.2. The lowest BCUT2D eigenvalue weighted by Gasteiger charge is -2.31. The van der Waals surface area contributed by atoms with Crippen LogP contribution in [0.3, 0.4) is 0 Å². The van der Waals surface area contributed by atoms with Crippen molar-refractivity contribution in [3.63, 3.8) is 0 Å². The highest BCUT2D eigenvalue weighted by Gasteiger charge is 2.29. The highest BCUT2D eigenvalue weighted by Crippen LogP contribution is 2.35. The number of para-hydroxylation sites is 1. The molecule has 1 amide bonds. The van der Waals surface area contributed by atoms with Crippen LogP contribution in [-0.2, 0) is 0 Å². The van der Waals surface area contributed by atoms with Gasteiger partial charge in [0.2, 0.25) is 0 Å². The number of hydrogen-bond donors (Lipinski definition) is 2. The zero-order chi connectivity index (χ0) is 24.8. The topological polar surface area (TPSA) is 102 Å². The lowest BCUT2D eigenvalue weighted by Crippen LogP contribution is -2.38. The monoisotopic (exact) mass is 500 g/mol. The average Bonchev–Trinajstić information content (AvgIpc) is 3.50. The fourth-order valence-corrected chi connectivity index (χ4v) is 5.32. The highest BCUT2D eigenvalue weighted by molar-refractivity contribution is 6.31. The molecule has 0 bridgehead atoms. The number of amides is 1.